The second-order valence-electron chi connectivity index (χ2n) is 7.71. The van der Waals surface area contributed by atoms with Crippen LogP contribution in [0.1, 0.15) is 50.8 Å². The topological polar surface area (TPSA) is 51.2 Å². The number of hydrogen-bond acceptors (Lipinski definition) is 5. The van der Waals surface area contributed by atoms with E-state index in [-0.39, 0.29) is 12.8 Å². The Hall–Kier alpha value is -2.16. The van der Waals surface area contributed by atoms with E-state index in [1.807, 2.05) is 13.1 Å². The molecule has 0 saturated heterocycles. The van der Waals surface area contributed by atoms with E-state index >= 15 is 0 Å². The molecule has 0 spiro atoms. The van der Waals surface area contributed by atoms with Crippen molar-refractivity contribution in [1.82, 2.24) is 4.90 Å². The third kappa shape index (κ3) is 4.23. The van der Waals surface area contributed by atoms with E-state index in [1.165, 1.54) is 5.57 Å². The molecular weight excluding hydrogens is 342 g/mol. The summed E-state index contributed by atoms with van der Waals surface area (Å²) in [5, 5.41) is 10.7. The minimum absolute atomic E-state index is 0.159. The summed E-state index contributed by atoms with van der Waals surface area (Å²) in [5.74, 6) is 8.47. The maximum atomic E-state index is 10.7. The summed E-state index contributed by atoms with van der Waals surface area (Å²) in [6, 6.07) is 1.88. The van der Waals surface area contributed by atoms with Gasteiger partial charge < -0.3 is 19.3 Å². The van der Waals surface area contributed by atoms with Crippen molar-refractivity contribution in [2.24, 2.45) is 0 Å². The van der Waals surface area contributed by atoms with Crippen LogP contribution in [0, 0.1) is 11.8 Å². The van der Waals surface area contributed by atoms with Crippen LogP contribution in [-0.2, 0) is 6.42 Å². The minimum atomic E-state index is -1.03. The summed E-state index contributed by atoms with van der Waals surface area (Å²) >= 11 is 0. The van der Waals surface area contributed by atoms with Crippen molar-refractivity contribution in [3.63, 3.8) is 0 Å². The maximum absolute atomic E-state index is 10.7. The van der Waals surface area contributed by atoms with E-state index in [0.717, 1.165) is 36.3 Å². The van der Waals surface area contributed by atoms with Crippen molar-refractivity contribution in [2.75, 3.05) is 27.5 Å². The van der Waals surface area contributed by atoms with Crippen LogP contribution in [0.15, 0.2) is 17.7 Å². The van der Waals surface area contributed by atoms with E-state index in [9.17, 15) is 5.11 Å². The molecule has 0 aliphatic carbocycles. The molecule has 2 aliphatic rings. The molecule has 0 unspecified atom stereocenters. The molecule has 1 aromatic carbocycles. The Labute approximate surface area is 161 Å². The van der Waals surface area contributed by atoms with Crippen LogP contribution < -0.4 is 14.2 Å². The number of allylic oxidation sites excluding steroid dienone is 2. The monoisotopic (exact) mass is 371 g/mol. The Kier molecular flexibility index (Phi) is 5.69. The molecule has 5 heteroatoms. The number of fused-ring (bicyclic) bond motifs is 2. The molecule has 0 radical (unpaired) electrons. The first-order valence-electron chi connectivity index (χ1n) is 9.40. The van der Waals surface area contributed by atoms with Crippen LogP contribution >= 0.6 is 0 Å². The number of methoxy groups -OCH3 is 1. The summed E-state index contributed by atoms with van der Waals surface area (Å²) < 4.78 is 16.9. The van der Waals surface area contributed by atoms with Gasteiger partial charge >= 0.3 is 0 Å². The van der Waals surface area contributed by atoms with Gasteiger partial charge in [0.25, 0.3) is 0 Å². The molecule has 1 N–H and O–H groups in total. The maximum Gasteiger partial charge on any atom is 0.231 e. The Balaban J connectivity index is 1.93. The fraction of sp³-hybridized carbons (Fsp3) is 0.545. The van der Waals surface area contributed by atoms with Crippen LogP contribution in [0.25, 0.3) is 0 Å². The number of ether oxygens (including phenoxy) is 3. The van der Waals surface area contributed by atoms with Gasteiger partial charge in [-0.3, -0.25) is 4.90 Å². The van der Waals surface area contributed by atoms with Gasteiger partial charge in [-0.2, -0.15) is 0 Å². The average molecular weight is 371 g/mol. The predicted molar refractivity (Wildman–Crippen MR) is 105 cm³/mol. The standard InChI is InChI=1S/C22H29NO4/c1-15(2)7-6-10-22(3,24)11-8-17-19-16(9-12-23(17)4)13-18-20(21(19)25-5)27-14-26-18/h7,13,17,24H,6,9-10,12,14H2,1-5H3/t17-,22+/m0/s1. The summed E-state index contributed by atoms with van der Waals surface area (Å²) in [7, 11) is 3.69. The zero-order valence-corrected chi connectivity index (χ0v) is 16.9. The quantitative estimate of drug-likeness (QED) is 0.649. The number of rotatable bonds is 4. The number of aliphatic hydroxyl groups is 1. The lowest BCUT2D eigenvalue weighted by atomic mass is 9.90. The van der Waals surface area contributed by atoms with Crippen LogP contribution in [0.2, 0.25) is 0 Å². The van der Waals surface area contributed by atoms with Gasteiger partial charge in [0.05, 0.1) is 7.11 Å². The van der Waals surface area contributed by atoms with Crippen molar-refractivity contribution in [2.45, 2.75) is 51.7 Å². The Bertz CT molecular complexity index is 797. The second kappa shape index (κ2) is 7.84. The van der Waals surface area contributed by atoms with Crippen LogP contribution in [0.3, 0.4) is 0 Å². The highest BCUT2D eigenvalue weighted by atomic mass is 16.7. The Morgan fingerprint density at radius 3 is 2.93 bits per heavy atom. The molecular formula is C22H29NO4. The van der Waals surface area contributed by atoms with Crippen molar-refractivity contribution in [3.8, 4) is 29.1 Å². The van der Waals surface area contributed by atoms with Crippen LogP contribution in [0.5, 0.6) is 17.2 Å². The molecule has 2 aliphatic heterocycles. The van der Waals surface area contributed by atoms with Gasteiger partial charge in [-0.15, -0.1) is 0 Å². The summed E-state index contributed by atoms with van der Waals surface area (Å²) in [4.78, 5) is 2.19. The highest BCUT2D eigenvalue weighted by Gasteiger charge is 2.33. The lowest BCUT2D eigenvalue weighted by Crippen LogP contribution is -2.32. The second-order valence-corrected chi connectivity index (χ2v) is 7.71. The molecule has 0 amide bonds. The first kappa shape index (κ1) is 19.6. The van der Waals surface area contributed by atoms with E-state index in [0.29, 0.717) is 17.9 Å². The highest BCUT2D eigenvalue weighted by molar-refractivity contribution is 5.63. The van der Waals surface area contributed by atoms with Crippen molar-refractivity contribution in [3.05, 3.63) is 28.8 Å². The largest absolute Gasteiger partial charge is 0.492 e. The molecule has 2 heterocycles. The normalized spacial score (nSPS) is 20.1. The predicted octanol–water partition coefficient (Wildman–Crippen LogP) is 3.45. The molecule has 0 fully saturated rings. The fourth-order valence-corrected chi connectivity index (χ4v) is 3.54. The number of nitrogens with zero attached hydrogens (tertiary/aromatic N) is 1. The van der Waals surface area contributed by atoms with Crippen LogP contribution in [0.4, 0.5) is 0 Å². The Morgan fingerprint density at radius 1 is 1.44 bits per heavy atom. The lowest BCUT2D eigenvalue weighted by molar-refractivity contribution is 0.113. The molecule has 5 nitrogen and oxygen atoms in total. The van der Waals surface area contributed by atoms with Gasteiger partial charge in [0.2, 0.25) is 12.5 Å². The fourth-order valence-electron chi connectivity index (χ4n) is 3.54. The highest BCUT2D eigenvalue weighted by Crippen LogP contribution is 2.49. The minimum Gasteiger partial charge on any atom is -0.492 e. The van der Waals surface area contributed by atoms with Gasteiger partial charge in [0.15, 0.2) is 11.5 Å². The first-order chi connectivity index (χ1) is 12.8. The lowest BCUT2D eigenvalue weighted by Gasteiger charge is -2.33. The number of hydrogen-bond donors (Lipinski definition) is 1. The smallest absolute Gasteiger partial charge is 0.231 e. The number of benzene rings is 1. The van der Waals surface area contributed by atoms with Gasteiger partial charge in [0, 0.05) is 12.1 Å². The van der Waals surface area contributed by atoms with Gasteiger partial charge in [-0.1, -0.05) is 23.5 Å². The summed E-state index contributed by atoms with van der Waals surface area (Å²) in [6.45, 7) is 6.99. The molecule has 0 aromatic heterocycles. The van der Waals surface area contributed by atoms with E-state index < -0.39 is 5.60 Å². The van der Waals surface area contributed by atoms with Gasteiger partial charge in [-0.25, -0.2) is 0 Å². The SMILES string of the molecule is COc1c2c(cc3c1[C@H](C#C[C@](C)(O)CCC=C(C)C)N(C)CC3)OCO2. The van der Waals surface area contributed by atoms with Crippen LogP contribution in [-0.4, -0.2) is 43.1 Å². The van der Waals surface area contributed by atoms with Crippen molar-refractivity contribution >= 4 is 0 Å². The third-order valence-corrected chi connectivity index (χ3v) is 5.06. The molecule has 0 saturated carbocycles. The average Bonchev–Trinajstić information content (AvgIpc) is 3.06. The summed E-state index contributed by atoms with van der Waals surface area (Å²) in [5.41, 5.74) is 2.40. The molecule has 27 heavy (non-hydrogen) atoms. The Morgan fingerprint density at radius 2 is 2.22 bits per heavy atom. The molecule has 0 bridgehead atoms. The van der Waals surface area contributed by atoms with Gasteiger partial charge in [-0.05, 0) is 58.7 Å². The molecule has 3 rings (SSSR count). The zero-order chi connectivity index (χ0) is 19.6. The molecule has 2 atom stereocenters. The molecule has 1 aromatic rings. The summed E-state index contributed by atoms with van der Waals surface area (Å²) in [6.07, 6.45) is 4.44. The van der Waals surface area contributed by atoms with E-state index in [2.05, 4.69) is 36.7 Å². The van der Waals surface area contributed by atoms with Crippen molar-refractivity contribution < 1.29 is 19.3 Å². The number of likely N-dealkylation sites (N-methyl/N-ethyl adjacent to an activating group) is 1. The third-order valence-electron chi connectivity index (χ3n) is 5.06. The van der Waals surface area contributed by atoms with Crippen molar-refractivity contribution in [1.29, 1.82) is 0 Å². The van der Waals surface area contributed by atoms with E-state index in [1.54, 1.807) is 14.0 Å². The van der Waals surface area contributed by atoms with Gasteiger partial charge in [0.1, 0.15) is 11.6 Å². The van der Waals surface area contributed by atoms with E-state index in [4.69, 9.17) is 14.2 Å². The first-order valence-corrected chi connectivity index (χ1v) is 9.40. The molecule has 146 valence electrons. The zero-order valence-electron chi connectivity index (χ0n) is 16.9.